The molecule has 4 nitrogen and oxygen atoms in total. The molecule has 0 spiro atoms. The molecule has 0 aliphatic heterocycles. The molecule has 0 saturated heterocycles. The van der Waals surface area contributed by atoms with Gasteiger partial charge in [0.1, 0.15) is 11.5 Å². The van der Waals surface area contributed by atoms with Crippen LogP contribution in [0, 0.1) is 13.8 Å². The highest BCUT2D eigenvalue weighted by molar-refractivity contribution is 5.84. The third-order valence-electron chi connectivity index (χ3n) is 9.22. The molecule has 51 heavy (non-hydrogen) atoms. The normalized spacial score (nSPS) is 10.8. The lowest BCUT2D eigenvalue weighted by Gasteiger charge is -2.30. The van der Waals surface area contributed by atoms with Gasteiger partial charge in [-0.1, -0.05) is 90.0 Å². The van der Waals surface area contributed by atoms with Crippen LogP contribution in [0.2, 0.25) is 0 Å². The van der Waals surface area contributed by atoms with Crippen LogP contribution in [0.15, 0.2) is 170 Å². The van der Waals surface area contributed by atoms with Gasteiger partial charge in [-0.25, -0.2) is 0 Å². The van der Waals surface area contributed by atoms with Gasteiger partial charge in [0.2, 0.25) is 0 Å². The van der Waals surface area contributed by atoms with Crippen molar-refractivity contribution in [2.45, 2.75) is 20.3 Å². The first-order chi connectivity index (χ1) is 25.0. The van der Waals surface area contributed by atoms with Crippen LogP contribution in [0.25, 0.3) is 11.1 Å². The van der Waals surface area contributed by atoms with E-state index in [1.807, 2.05) is 24.3 Å². The number of benzene rings is 7. The average molecular weight is 667 g/mol. The van der Waals surface area contributed by atoms with Gasteiger partial charge in [0, 0.05) is 34.1 Å². The molecule has 0 N–H and O–H groups in total. The van der Waals surface area contributed by atoms with E-state index in [9.17, 15) is 0 Å². The standard InChI is InChI=1S/C47H42N2O2/c1-34-14-18-39(19-15-34)48(41-22-26-45(50-3)27-23-41)43-31-36(30-38-12-8-9-13-47(38)37-10-6-5-7-11-37)32-44(33-43)49(40-20-16-35(2)17-21-40)42-24-28-46(51-4)29-25-42/h5-29,31-33H,30H2,1-4H3. The second kappa shape index (κ2) is 15.1. The highest BCUT2D eigenvalue weighted by Crippen LogP contribution is 2.42. The van der Waals surface area contributed by atoms with E-state index in [1.165, 1.54) is 33.4 Å². The molecule has 0 saturated carbocycles. The Morgan fingerprint density at radius 3 is 1.27 bits per heavy atom. The first kappa shape index (κ1) is 33.2. The Bertz CT molecular complexity index is 2080. The van der Waals surface area contributed by atoms with Crippen molar-refractivity contribution in [1.82, 2.24) is 0 Å². The van der Waals surface area contributed by atoms with Gasteiger partial charge in [-0.05, 0) is 134 Å². The van der Waals surface area contributed by atoms with E-state index in [4.69, 9.17) is 9.47 Å². The Morgan fingerprint density at radius 2 is 0.824 bits per heavy atom. The summed E-state index contributed by atoms with van der Waals surface area (Å²) in [6.45, 7) is 4.25. The molecule has 4 heteroatoms. The second-order valence-corrected chi connectivity index (χ2v) is 12.8. The van der Waals surface area contributed by atoms with Crippen molar-refractivity contribution >= 4 is 34.1 Å². The Kier molecular flexibility index (Phi) is 9.84. The van der Waals surface area contributed by atoms with E-state index in [2.05, 4.69) is 169 Å². The van der Waals surface area contributed by atoms with Crippen LogP contribution in [0.3, 0.4) is 0 Å². The molecule has 7 aromatic rings. The number of aryl methyl sites for hydroxylation is 2. The summed E-state index contributed by atoms with van der Waals surface area (Å²) in [5.74, 6) is 1.64. The summed E-state index contributed by atoms with van der Waals surface area (Å²) in [5.41, 5.74) is 13.7. The van der Waals surface area contributed by atoms with Gasteiger partial charge < -0.3 is 19.3 Å². The molecule has 0 heterocycles. The van der Waals surface area contributed by atoms with E-state index in [-0.39, 0.29) is 0 Å². The Hall–Kier alpha value is -6.26. The van der Waals surface area contributed by atoms with Gasteiger partial charge >= 0.3 is 0 Å². The molecule has 0 aliphatic rings. The first-order valence-corrected chi connectivity index (χ1v) is 17.3. The molecule has 0 aliphatic carbocycles. The number of anilines is 6. The quantitative estimate of drug-likeness (QED) is 0.137. The van der Waals surface area contributed by atoms with Crippen molar-refractivity contribution < 1.29 is 9.47 Å². The zero-order valence-electron chi connectivity index (χ0n) is 29.6. The lowest BCUT2D eigenvalue weighted by Crippen LogP contribution is -2.14. The Morgan fingerprint density at radius 1 is 0.412 bits per heavy atom. The number of hydrogen-bond acceptors (Lipinski definition) is 4. The molecular weight excluding hydrogens is 625 g/mol. The third-order valence-corrected chi connectivity index (χ3v) is 9.22. The number of nitrogens with zero attached hydrogens (tertiary/aromatic N) is 2. The monoisotopic (exact) mass is 666 g/mol. The summed E-state index contributed by atoms with van der Waals surface area (Å²) in [7, 11) is 3.41. The molecular formula is C47H42N2O2. The zero-order chi connectivity index (χ0) is 35.2. The minimum atomic E-state index is 0.751. The predicted molar refractivity (Wildman–Crippen MR) is 213 cm³/mol. The zero-order valence-corrected chi connectivity index (χ0v) is 29.6. The van der Waals surface area contributed by atoms with Gasteiger partial charge in [0.25, 0.3) is 0 Å². The largest absolute Gasteiger partial charge is 0.497 e. The molecule has 0 aromatic heterocycles. The smallest absolute Gasteiger partial charge is 0.119 e. The first-order valence-electron chi connectivity index (χ1n) is 17.3. The second-order valence-electron chi connectivity index (χ2n) is 12.8. The summed E-state index contributed by atoms with van der Waals surface area (Å²) >= 11 is 0. The Balaban J connectivity index is 1.45. The molecule has 0 atom stereocenters. The van der Waals surface area contributed by atoms with Crippen LogP contribution in [0.4, 0.5) is 34.1 Å². The fraction of sp³-hybridized carbons (Fsp3) is 0.106. The van der Waals surface area contributed by atoms with Crippen molar-refractivity contribution in [3.05, 3.63) is 192 Å². The maximum Gasteiger partial charge on any atom is 0.119 e. The molecule has 252 valence electrons. The van der Waals surface area contributed by atoms with Crippen LogP contribution in [-0.4, -0.2) is 14.2 Å². The highest BCUT2D eigenvalue weighted by Gasteiger charge is 2.20. The van der Waals surface area contributed by atoms with Gasteiger partial charge in [-0.15, -0.1) is 0 Å². The number of rotatable bonds is 11. The highest BCUT2D eigenvalue weighted by atomic mass is 16.5. The lowest BCUT2D eigenvalue weighted by atomic mass is 9.94. The summed E-state index contributed by atoms with van der Waals surface area (Å²) in [4.78, 5) is 4.66. The lowest BCUT2D eigenvalue weighted by molar-refractivity contribution is 0.414. The summed E-state index contributed by atoms with van der Waals surface area (Å²) < 4.78 is 11.1. The average Bonchev–Trinajstić information content (AvgIpc) is 3.18. The fourth-order valence-corrected chi connectivity index (χ4v) is 6.56. The summed E-state index contributed by atoms with van der Waals surface area (Å²) in [5, 5.41) is 0. The van der Waals surface area contributed by atoms with Gasteiger partial charge in [0.15, 0.2) is 0 Å². The topological polar surface area (TPSA) is 24.9 Å². The van der Waals surface area contributed by atoms with Crippen LogP contribution in [0.1, 0.15) is 22.3 Å². The molecule has 0 fully saturated rings. The molecule has 0 bridgehead atoms. The van der Waals surface area contributed by atoms with Crippen molar-refractivity contribution in [1.29, 1.82) is 0 Å². The molecule has 7 rings (SSSR count). The number of ether oxygens (including phenoxy) is 2. The number of hydrogen-bond donors (Lipinski definition) is 0. The van der Waals surface area contributed by atoms with E-state index >= 15 is 0 Å². The van der Waals surface area contributed by atoms with E-state index in [0.29, 0.717) is 0 Å². The summed E-state index contributed by atoms with van der Waals surface area (Å²) in [6.07, 6.45) is 0.751. The maximum atomic E-state index is 5.55. The SMILES string of the molecule is COc1ccc(N(c2ccc(C)cc2)c2cc(Cc3ccccc3-c3ccccc3)cc(N(c3ccc(C)cc3)c3ccc(OC)cc3)c2)cc1. The molecule has 0 amide bonds. The Labute approximate surface area is 301 Å². The minimum absolute atomic E-state index is 0.751. The van der Waals surface area contributed by atoms with Crippen LogP contribution >= 0.6 is 0 Å². The van der Waals surface area contributed by atoms with Crippen LogP contribution < -0.4 is 19.3 Å². The van der Waals surface area contributed by atoms with Gasteiger partial charge in [0.05, 0.1) is 14.2 Å². The van der Waals surface area contributed by atoms with Crippen molar-refractivity contribution in [2.75, 3.05) is 24.0 Å². The minimum Gasteiger partial charge on any atom is -0.497 e. The van der Waals surface area contributed by atoms with Crippen LogP contribution in [-0.2, 0) is 6.42 Å². The third kappa shape index (κ3) is 7.51. The summed E-state index contributed by atoms with van der Waals surface area (Å²) in [6, 6.07) is 60.4. The van der Waals surface area contributed by atoms with E-state index in [1.54, 1.807) is 14.2 Å². The van der Waals surface area contributed by atoms with Crippen molar-refractivity contribution in [3.8, 4) is 22.6 Å². The van der Waals surface area contributed by atoms with Crippen molar-refractivity contribution in [2.24, 2.45) is 0 Å². The van der Waals surface area contributed by atoms with Crippen LogP contribution in [0.5, 0.6) is 11.5 Å². The van der Waals surface area contributed by atoms with E-state index < -0.39 is 0 Å². The predicted octanol–water partition coefficient (Wildman–Crippen LogP) is 12.5. The molecule has 7 aromatic carbocycles. The maximum absolute atomic E-state index is 5.55. The molecule has 0 unspecified atom stereocenters. The van der Waals surface area contributed by atoms with Gasteiger partial charge in [-0.3, -0.25) is 0 Å². The van der Waals surface area contributed by atoms with Crippen molar-refractivity contribution in [3.63, 3.8) is 0 Å². The van der Waals surface area contributed by atoms with Gasteiger partial charge in [-0.2, -0.15) is 0 Å². The molecule has 0 radical (unpaired) electrons. The fourth-order valence-electron chi connectivity index (χ4n) is 6.56. The number of methoxy groups -OCH3 is 2. The van der Waals surface area contributed by atoms with E-state index in [0.717, 1.165) is 52.0 Å².